The lowest BCUT2D eigenvalue weighted by atomic mass is 10.1. The van der Waals surface area contributed by atoms with Crippen LogP contribution in [0.5, 0.6) is 0 Å². The smallest absolute Gasteiger partial charge is 0.261 e. The molecule has 0 aliphatic carbocycles. The molecule has 2 rings (SSSR count). The van der Waals surface area contributed by atoms with Crippen molar-refractivity contribution in [1.29, 1.82) is 0 Å². The molecule has 0 unspecified atom stereocenters. The van der Waals surface area contributed by atoms with Gasteiger partial charge in [-0.3, -0.25) is 4.98 Å². The maximum absolute atomic E-state index is 11.9. The third kappa shape index (κ3) is 5.55. The highest BCUT2D eigenvalue weighted by molar-refractivity contribution is 5.23. The van der Waals surface area contributed by atoms with Gasteiger partial charge < -0.3 is 0 Å². The molecule has 1 nitrogen and oxygen atoms in total. The number of hydrogen-bond donors (Lipinski definition) is 0. The Morgan fingerprint density at radius 2 is 1.32 bits per heavy atom. The summed E-state index contributed by atoms with van der Waals surface area (Å²) >= 11 is 0. The number of nitrogens with zero attached hydrogens (tertiary/aromatic N) is 1. The van der Waals surface area contributed by atoms with Crippen LogP contribution in [0.3, 0.4) is 0 Å². The SMILES string of the molecule is Cc1ccc(C(F)(F)F)cc1.Cc1ccc(C)nc1. The van der Waals surface area contributed by atoms with Crippen LogP contribution >= 0.6 is 0 Å². The molecule has 0 atom stereocenters. The third-order valence-electron chi connectivity index (χ3n) is 2.44. The van der Waals surface area contributed by atoms with Crippen molar-refractivity contribution >= 4 is 0 Å². The Morgan fingerprint density at radius 3 is 1.68 bits per heavy atom. The highest BCUT2D eigenvalue weighted by atomic mass is 19.4. The van der Waals surface area contributed by atoms with E-state index in [0.717, 1.165) is 23.4 Å². The molecule has 1 aromatic carbocycles. The molecular formula is C15H16F3N. The standard InChI is InChI=1S/C8H7F3.C7H9N/c1-6-2-4-7(5-3-6)8(9,10)11;1-6-3-4-7(2)8-5-6/h2-5H,1H3;3-5H,1-2H3. The minimum Gasteiger partial charge on any atom is -0.261 e. The summed E-state index contributed by atoms with van der Waals surface area (Å²) in [6.45, 7) is 5.77. The van der Waals surface area contributed by atoms with E-state index in [-0.39, 0.29) is 0 Å². The maximum atomic E-state index is 11.9. The summed E-state index contributed by atoms with van der Waals surface area (Å²) in [4.78, 5) is 4.08. The van der Waals surface area contributed by atoms with Crippen molar-refractivity contribution in [2.75, 3.05) is 0 Å². The number of benzene rings is 1. The Labute approximate surface area is 111 Å². The summed E-state index contributed by atoms with van der Waals surface area (Å²) < 4.78 is 35.8. The van der Waals surface area contributed by atoms with Gasteiger partial charge in [0.25, 0.3) is 0 Å². The quantitative estimate of drug-likeness (QED) is 0.673. The van der Waals surface area contributed by atoms with Crippen LogP contribution in [-0.4, -0.2) is 4.98 Å². The summed E-state index contributed by atoms with van der Waals surface area (Å²) in [5, 5.41) is 0. The molecule has 0 amide bonds. The zero-order chi connectivity index (χ0) is 14.5. The normalized spacial score (nSPS) is 10.6. The summed E-state index contributed by atoms with van der Waals surface area (Å²) in [5.74, 6) is 0. The fourth-order valence-corrected chi connectivity index (χ4v) is 1.28. The van der Waals surface area contributed by atoms with Gasteiger partial charge in [0.2, 0.25) is 0 Å². The fourth-order valence-electron chi connectivity index (χ4n) is 1.28. The molecule has 102 valence electrons. The van der Waals surface area contributed by atoms with Gasteiger partial charge in [-0.1, -0.05) is 23.8 Å². The second-order valence-corrected chi connectivity index (χ2v) is 4.34. The molecule has 0 saturated carbocycles. The lowest BCUT2D eigenvalue weighted by Gasteiger charge is -2.05. The first-order chi connectivity index (χ1) is 8.79. The number of pyridine rings is 1. The molecule has 19 heavy (non-hydrogen) atoms. The Bertz CT molecular complexity index is 477. The van der Waals surface area contributed by atoms with Crippen LogP contribution in [0.2, 0.25) is 0 Å². The Hall–Kier alpha value is -1.84. The van der Waals surface area contributed by atoms with Crippen LogP contribution in [0.1, 0.15) is 22.4 Å². The summed E-state index contributed by atoms with van der Waals surface area (Å²) in [5.41, 5.74) is 2.53. The van der Waals surface area contributed by atoms with Crippen molar-refractivity contribution in [2.24, 2.45) is 0 Å². The van der Waals surface area contributed by atoms with E-state index in [4.69, 9.17) is 0 Å². The van der Waals surface area contributed by atoms with Gasteiger partial charge in [0, 0.05) is 11.9 Å². The molecule has 1 heterocycles. The second kappa shape index (κ2) is 6.36. The summed E-state index contributed by atoms with van der Waals surface area (Å²) in [6, 6.07) is 9.12. The third-order valence-corrected chi connectivity index (χ3v) is 2.44. The van der Waals surface area contributed by atoms with Crippen LogP contribution in [0.15, 0.2) is 42.6 Å². The molecule has 0 aliphatic rings. The molecule has 0 saturated heterocycles. The number of rotatable bonds is 0. The first kappa shape index (κ1) is 15.2. The Morgan fingerprint density at radius 1 is 0.789 bits per heavy atom. The summed E-state index contributed by atoms with van der Waals surface area (Å²) in [7, 11) is 0. The molecule has 1 aromatic heterocycles. The average molecular weight is 267 g/mol. The molecule has 0 radical (unpaired) electrons. The lowest BCUT2D eigenvalue weighted by Crippen LogP contribution is -2.03. The molecule has 0 bridgehead atoms. The van der Waals surface area contributed by atoms with Crippen molar-refractivity contribution in [3.8, 4) is 0 Å². The molecule has 0 N–H and O–H groups in total. The largest absolute Gasteiger partial charge is 0.416 e. The van der Waals surface area contributed by atoms with E-state index in [2.05, 4.69) is 11.1 Å². The number of aromatic nitrogens is 1. The van der Waals surface area contributed by atoms with E-state index in [0.29, 0.717) is 0 Å². The van der Waals surface area contributed by atoms with Gasteiger partial charge in [0.05, 0.1) is 5.56 Å². The van der Waals surface area contributed by atoms with Gasteiger partial charge in [-0.2, -0.15) is 13.2 Å². The fraction of sp³-hybridized carbons (Fsp3) is 0.267. The molecule has 0 fully saturated rings. The summed E-state index contributed by atoms with van der Waals surface area (Å²) in [6.07, 6.45) is -2.34. The van der Waals surface area contributed by atoms with Crippen molar-refractivity contribution in [3.63, 3.8) is 0 Å². The van der Waals surface area contributed by atoms with E-state index in [1.54, 1.807) is 6.92 Å². The van der Waals surface area contributed by atoms with Crippen LogP contribution in [0.25, 0.3) is 0 Å². The first-order valence-electron chi connectivity index (χ1n) is 5.82. The van der Waals surface area contributed by atoms with Crippen molar-refractivity contribution in [2.45, 2.75) is 26.9 Å². The number of alkyl halides is 3. The topological polar surface area (TPSA) is 12.9 Å². The van der Waals surface area contributed by atoms with E-state index in [9.17, 15) is 13.2 Å². The van der Waals surface area contributed by atoms with Crippen molar-refractivity contribution < 1.29 is 13.2 Å². The zero-order valence-electron chi connectivity index (χ0n) is 11.1. The lowest BCUT2D eigenvalue weighted by molar-refractivity contribution is -0.137. The van der Waals surface area contributed by atoms with E-state index < -0.39 is 11.7 Å². The van der Waals surface area contributed by atoms with E-state index in [1.807, 2.05) is 26.1 Å². The second-order valence-electron chi connectivity index (χ2n) is 4.34. The average Bonchev–Trinajstić information content (AvgIpc) is 2.33. The Balaban J connectivity index is 0.000000200. The Kier molecular flexibility index (Phi) is 5.10. The maximum Gasteiger partial charge on any atom is 0.416 e. The highest BCUT2D eigenvalue weighted by Gasteiger charge is 2.29. The van der Waals surface area contributed by atoms with Gasteiger partial charge in [-0.15, -0.1) is 0 Å². The number of halogens is 3. The highest BCUT2D eigenvalue weighted by Crippen LogP contribution is 2.28. The number of aryl methyl sites for hydroxylation is 3. The minimum atomic E-state index is -4.21. The molecular weight excluding hydrogens is 251 g/mol. The number of hydrogen-bond acceptors (Lipinski definition) is 1. The predicted molar refractivity (Wildman–Crippen MR) is 69.9 cm³/mol. The minimum absolute atomic E-state index is 0.594. The van der Waals surface area contributed by atoms with E-state index in [1.165, 1.54) is 17.7 Å². The molecule has 0 spiro atoms. The molecule has 2 aromatic rings. The van der Waals surface area contributed by atoms with Gasteiger partial charge in [0.1, 0.15) is 0 Å². The van der Waals surface area contributed by atoms with Crippen molar-refractivity contribution in [1.82, 2.24) is 4.98 Å². The van der Waals surface area contributed by atoms with Gasteiger partial charge in [-0.25, -0.2) is 0 Å². The first-order valence-corrected chi connectivity index (χ1v) is 5.82. The predicted octanol–water partition coefficient (Wildman–Crippen LogP) is 4.71. The van der Waals surface area contributed by atoms with E-state index >= 15 is 0 Å². The van der Waals surface area contributed by atoms with Crippen LogP contribution in [0.4, 0.5) is 13.2 Å². The van der Waals surface area contributed by atoms with Gasteiger partial charge in [-0.05, 0) is 44.5 Å². The van der Waals surface area contributed by atoms with Gasteiger partial charge in [0.15, 0.2) is 0 Å². The monoisotopic (exact) mass is 267 g/mol. The zero-order valence-corrected chi connectivity index (χ0v) is 11.1. The molecule has 0 aliphatic heterocycles. The molecule has 4 heteroatoms. The van der Waals surface area contributed by atoms with Crippen molar-refractivity contribution in [3.05, 3.63) is 65.0 Å². The van der Waals surface area contributed by atoms with Gasteiger partial charge >= 0.3 is 6.18 Å². The van der Waals surface area contributed by atoms with Crippen LogP contribution < -0.4 is 0 Å². The van der Waals surface area contributed by atoms with Crippen LogP contribution in [-0.2, 0) is 6.18 Å². The van der Waals surface area contributed by atoms with Crippen LogP contribution in [0, 0.1) is 20.8 Å².